The van der Waals surface area contributed by atoms with Crippen molar-refractivity contribution >= 4 is 29.4 Å². The van der Waals surface area contributed by atoms with Crippen LogP contribution in [0.3, 0.4) is 0 Å². The lowest BCUT2D eigenvalue weighted by atomic mass is 9.94. The normalized spacial score (nSPS) is 19.6. The van der Waals surface area contributed by atoms with Gasteiger partial charge in [-0.1, -0.05) is 31.0 Å². The van der Waals surface area contributed by atoms with Gasteiger partial charge in [-0.05, 0) is 31.0 Å². The Labute approximate surface area is 175 Å². The van der Waals surface area contributed by atoms with Gasteiger partial charge >= 0.3 is 0 Å². The van der Waals surface area contributed by atoms with Crippen molar-refractivity contribution in [2.45, 2.75) is 41.9 Å². The first-order valence-corrected chi connectivity index (χ1v) is 12.3. The van der Waals surface area contributed by atoms with Crippen LogP contribution in [0.15, 0.2) is 52.0 Å². The number of hydrogen-bond acceptors (Lipinski definition) is 5. The number of nitrogens with one attached hydrogen (secondary N) is 1. The molecule has 2 heterocycles. The van der Waals surface area contributed by atoms with Crippen LogP contribution in [0.4, 0.5) is 0 Å². The minimum Gasteiger partial charge on any atom is -0.459 e. The summed E-state index contributed by atoms with van der Waals surface area (Å²) in [6.45, 7) is 3.00. The third kappa shape index (κ3) is 4.61. The lowest BCUT2D eigenvalue weighted by Gasteiger charge is -2.43. The summed E-state index contributed by atoms with van der Waals surface area (Å²) in [6, 6.07) is 12.2. The van der Waals surface area contributed by atoms with Crippen LogP contribution in [0, 0.1) is 0 Å². The van der Waals surface area contributed by atoms with Gasteiger partial charge in [0, 0.05) is 52.9 Å². The van der Waals surface area contributed by atoms with Crippen molar-refractivity contribution in [2.24, 2.45) is 0 Å². The van der Waals surface area contributed by atoms with Gasteiger partial charge in [-0.25, -0.2) is 0 Å². The zero-order chi connectivity index (χ0) is 19.2. The summed E-state index contributed by atoms with van der Waals surface area (Å²) >= 11 is 3.76. The molecule has 0 radical (unpaired) electrons. The number of nitrogens with zero attached hydrogens (tertiary/aromatic N) is 1. The smallest absolute Gasteiger partial charge is 0.287 e. The molecule has 0 unspecified atom stereocenters. The van der Waals surface area contributed by atoms with E-state index >= 15 is 0 Å². The summed E-state index contributed by atoms with van der Waals surface area (Å²) in [6.07, 6.45) is 6.53. The van der Waals surface area contributed by atoms with E-state index < -0.39 is 0 Å². The maximum absolute atomic E-state index is 12.9. The summed E-state index contributed by atoms with van der Waals surface area (Å²) in [7, 11) is 0. The summed E-state index contributed by atoms with van der Waals surface area (Å²) in [5.41, 5.74) is 1.10. The first-order chi connectivity index (χ1) is 13.8. The maximum Gasteiger partial charge on any atom is 0.287 e. The van der Waals surface area contributed by atoms with Gasteiger partial charge in [0.2, 0.25) is 0 Å². The lowest BCUT2D eigenvalue weighted by Crippen LogP contribution is -2.56. The molecule has 1 saturated heterocycles. The van der Waals surface area contributed by atoms with Crippen LogP contribution in [0.2, 0.25) is 0 Å². The molecule has 2 aromatic rings. The van der Waals surface area contributed by atoms with E-state index in [0.717, 1.165) is 31.0 Å². The second kappa shape index (κ2) is 9.42. The highest BCUT2D eigenvalue weighted by Crippen LogP contribution is 2.36. The van der Waals surface area contributed by atoms with Crippen LogP contribution >= 0.6 is 23.5 Å². The maximum atomic E-state index is 12.9. The van der Waals surface area contributed by atoms with E-state index in [1.54, 1.807) is 18.0 Å². The minimum absolute atomic E-state index is 0.0775. The van der Waals surface area contributed by atoms with Crippen molar-refractivity contribution in [3.8, 4) is 0 Å². The van der Waals surface area contributed by atoms with Crippen molar-refractivity contribution in [3.63, 3.8) is 0 Å². The van der Waals surface area contributed by atoms with Crippen LogP contribution < -0.4 is 5.32 Å². The van der Waals surface area contributed by atoms with Crippen LogP contribution in [0.5, 0.6) is 0 Å². The molecule has 1 aromatic carbocycles. The van der Waals surface area contributed by atoms with Crippen molar-refractivity contribution in [3.05, 3.63) is 54.0 Å². The summed E-state index contributed by atoms with van der Waals surface area (Å²) in [4.78, 5) is 16.7. The SMILES string of the molecule is O=C(NCC1(N2CCSCC2)CCCC1)c1occc1CSc1ccccc1. The van der Waals surface area contributed by atoms with Gasteiger partial charge in [0.25, 0.3) is 5.91 Å². The Hall–Kier alpha value is -1.37. The highest BCUT2D eigenvalue weighted by Gasteiger charge is 2.40. The van der Waals surface area contributed by atoms with Gasteiger partial charge in [0.05, 0.1) is 6.26 Å². The fourth-order valence-corrected chi connectivity index (χ4v) is 6.13. The van der Waals surface area contributed by atoms with E-state index in [1.807, 2.05) is 36.0 Å². The molecule has 6 heteroatoms. The highest BCUT2D eigenvalue weighted by molar-refractivity contribution is 7.99. The zero-order valence-electron chi connectivity index (χ0n) is 16.2. The van der Waals surface area contributed by atoms with Gasteiger partial charge < -0.3 is 9.73 Å². The molecule has 2 fully saturated rings. The Bertz CT molecular complexity index is 766. The fraction of sp³-hybridized carbons (Fsp3) is 0.500. The molecule has 1 amide bonds. The van der Waals surface area contributed by atoms with E-state index in [-0.39, 0.29) is 11.4 Å². The Morgan fingerprint density at radius 3 is 2.64 bits per heavy atom. The molecule has 1 aliphatic carbocycles. The number of amides is 1. The minimum atomic E-state index is -0.0775. The van der Waals surface area contributed by atoms with Crippen LogP contribution in [0.1, 0.15) is 41.8 Å². The molecule has 2 aliphatic rings. The Morgan fingerprint density at radius 1 is 1.14 bits per heavy atom. The average molecular weight is 417 g/mol. The Kier molecular flexibility index (Phi) is 6.70. The van der Waals surface area contributed by atoms with Gasteiger partial charge in [-0.2, -0.15) is 11.8 Å². The molecule has 1 aliphatic heterocycles. The van der Waals surface area contributed by atoms with Crippen molar-refractivity contribution in [1.82, 2.24) is 10.2 Å². The molecule has 1 aromatic heterocycles. The van der Waals surface area contributed by atoms with Gasteiger partial charge in [-0.15, -0.1) is 11.8 Å². The number of thioether (sulfide) groups is 2. The van der Waals surface area contributed by atoms with Crippen molar-refractivity contribution < 1.29 is 9.21 Å². The average Bonchev–Trinajstić information content (AvgIpc) is 3.42. The second-order valence-electron chi connectivity index (χ2n) is 7.59. The number of carbonyl (C=O) groups is 1. The number of benzene rings is 1. The molecule has 150 valence electrons. The zero-order valence-corrected chi connectivity index (χ0v) is 17.8. The topological polar surface area (TPSA) is 45.5 Å². The molecule has 0 bridgehead atoms. The third-order valence-corrected chi connectivity index (χ3v) is 7.89. The van der Waals surface area contributed by atoms with E-state index in [4.69, 9.17) is 4.42 Å². The summed E-state index contributed by atoms with van der Waals surface area (Å²) in [5.74, 6) is 3.53. The predicted molar refractivity (Wildman–Crippen MR) is 117 cm³/mol. The van der Waals surface area contributed by atoms with Crippen LogP contribution in [-0.2, 0) is 5.75 Å². The van der Waals surface area contributed by atoms with Crippen molar-refractivity contribution in [2.75, 3.05) is 31.1 Å². The van der Waals surface area contributed by atoms with Crippen molar-refractivity contribution in [1.29, 1.82) is 0 Å². The lowest BCUT2D eigenvalue weighted by molar-refractivity contribution is 0.0796. The van der Waals surface area contributed by atoms with E-state index in [9.17, 15) is 4.79 Å². The first-order valence-electron chi connectivity index (χ1n) is 10.1. The predicted octanol–water partition coefficient (Wildman–Crippen LogP) is 4.66. The molecule has 1 saturated carbocycles. The standard InChI is InChI=1S/C22H28N2O2S2/c25-21(20-18(8-13-26-20)16-28-19-6-2-1-3-7-19)23-17-22(9-4-5-10-22)24-11-14-27-15-12-24/h1-3,6-8,13H,4-5,9-12,14-17H2,(H,23,25). The quantitative estimate of drug-likeness (QED) is 0.665. The number of hydrogen-bond donors (Lipinski definition) is 1. The molecule has 4 nitrogen and oxygen atoms in total. The molecule has 0 atom stereocenters. The molecule has 4 rings (SSSR count). The first kappa shape index (κ1) is 19.9. The van der Waals surface area contributed by atoms with E-state index in [0.29, 0.717) is 5.76 Å². The molecular weight excluding hydrogens is 388 g/mol. The number of furan rings is 1. The van der Waals surface area contributed by atoms with Crippen LogP contribution in [-0.4, -0.2) is 47.5 Å². The van der Waals surface area contributed by atoms with Crippen LogP contribution in [0.25, 0.3) is 0 Å². The molecule has 0 spiro atoms. The monoisotopic (exact) mass is 416 g/mol. The Morgan fingerprint density at radius 2 is 1.89 bits per heavy atom. The largest absolute Gasteiger partial charge is 0.459 e. The molecule has 28 heavy (non-hydrogen) atoms. The summed E-state index contributed by atoms with van der Waals surface area (Å²) in [5, 5.41) is 3.21. The van der Waals surface area contributed by atoms with Gasteiger partial charge in [0.15, 0.2) is 5.76 Å². The number of carbonyl (C=O) groups excluding carboxylic acids is 1. The summed E-state index contributed by atoms with van der Waals surface area (Å²) < 4.78 is 5.57. The van der Waals surface area contributed by atoms with E-state index in [2.05, 4.69) is 22.3 Å². The van der Waals surface area contributed by atoms with Gasteiger partial charge in [-0.3, -0.25) is 9.69 Å². The van der Waals surface area contributed by atoms with Gasteiger partial charge in [0.1, 0.15) is 0 Å². The highest BCUT2D eigenvalue weighted by atomic mass is 32.2. The fourth-order valence-electron chi connectivity index (χ4n) is 4.33. The number of rotatable bonds is 7. The Balaban J connectivity index is 1.37. The third-order valence-electron chi connectivity index (χ3n) is 5.88. The van der Waals surface area contributed by atoms with E-state index in [1.165, 1.54) is 42.1 Å². The molecule has 1 N–H and O–H groups in total. The second-order valence-corrected chi connectivity index (χ2v) is 9.86. The molecular formula is C22H28N2O2S2.